The van der Waals surface area contributed by atoms with E-state index in [9.17, 15) is 13.2 Å². The van der Waals surface area contributed by atoms with Crippen molar-refractivity contribution in [2.75, 3.05) is 6.54 Å². The van der Waals surface area contributed by atoms with Crippen molar-refractivity contribution >= 4 is 38.7 Å². The fourth-order valence-electron chi connectivity index (χ4n) is 2.10. The minimum absolute atomic E-state index is 0.145. The first-order valence-electron chi connectivity index (χ1n) is 7.55. The Morgan fingerprint density at radius 1 is 1.19 bits per heavy atom. The van der Waals surface area contributed by atoms with Crippen molar-refractivity contribution in [3.63, 3.8) is 0 Å². The summed E-state index contributed by atoms with van der Waals surface area (Å²) in [6.45, 7) is 0.260. The van der Waals surface area contributed by atoms with E-state index in [4.69, 9.17) is 16.0 Å². The lowest BCUT2D eigenvalue weighted by Crippen LogP contribution is -2.24. The van der Waals surface area contributed by atoms with Crippen molar-refractivity contribution < 1.29 is 17.6 Å². The van der Waals surface area contributed by atoms with Gasteiger partial charge in [0, 0.05) is 18.0 Å². The maximum atomic E-state index is 12.3. The summed E-state index contributed by atoms with van der Waals surface area (Å²) >= 11 is 7.12. The first-order valence-corrected chi connectivity index (χ1v) is 10.5. The number of hydrogen-bond acceptors (Lipinski definition) is 7. The topological polar surface area (TPSA) is 102 Å². The summed E-state index contributed by atoms with van der Waals surface area (Å²) in [5, 5.41) is 11.9. The van der Waals surface area contributed by atoms with Gasteiger partial charge >= 0.3 is 5.22 Å². The molecule has 1 N–H and O–H groups in total. The van der Waals surface area contributed by atoms with Crippen molar-refractivity contribution in [3.05, 3.63) is 63.1 Å². The molecule has 1 aromatic carbocycles. The fraction of sp³-hybridized carbons (Fsp3) is 0.188. The molecule has 0 spiro atoms. The number of carbonyl (C=O) groups is 1. The number of rotatable bonds is 7. The Kier molecular flexibility index (Phi) is 5.70. The van der Waals surface area contributed by atoms with Crippen LogP contribution in [0.5, 0.6) is 0 Å². The molecule has 0 fully saturated rings. The van der Waals surface area contributed by atoms with Gasteiger partial charge in [0.25, 0.3) is 5.91 Å². The zero-order valence-corrected chi connectivity index (χ0v) is 15.8. The molecule has 3 aromatic rings. The molecule has 0 unspecified atom stereocenters. The third kappa shape index (κ3) is 4.69. The molecule has 0 saturated heterocycles. The van der Waals surface area contributed by atoms with Gasteiger partial charge in [-0.05, 0) is 29.1 Å². The van der Waals surface area contributed by atoms with E-state index in [0.29, 0.717) is 15.5 Å². The third-order valence-electron chi connectivity index (χ3n) is 3.35. The first kappa shape index (κ1) is 18.6. The Labute approximate surface area is 158 Å². The summed E-state index contributed by atoms with van der Waals surface area (Å²) in [7, 11) is -3.75. The van der Waals surface area contributed by atoms with E-state index in [-0.39, 0.29) is 30.5 Å². The number of benzene rings is 1. The summed E-state index contributed by atoms with van der Waals surface area (Å²) in [6.07, 6.45) is 0.237. The Morgan fingerprint density at radius 3 is 2.65 bits per heavy atom. The lowest BCUT2D eigenvalue weighted by Gasteiger charge is -2.01. The second kappa shape index (κ2) is 7.98. The second-order valence-electron chi connectivity index (χ2n) is 5.33. The molecular formula is C16H14ClN3O4S2. The summed E-state index contributed by atoms with van der Waals surface area (Å²) < 4.78 is 29.9. The summed E-state index contributed by atoms with van der Waals surface area (Å²) in [5.74, 6) is -0.317. The number of sulfone groups is 1. The zero-order chi connectivity index (χ0) is 18.6. The SMILES string of the molecule is O=C(NCCc1nnc(S(=O)(=O)Cc2ccc(Cl)cc2)o1)c1cccs1. The van der Waals surface area contributed by atoms with Crippen LogP contribution in [-0.2, 0) is 22.0 Å². The van der Waals surface area contributed by atoms with E-state index in [1.807, 2.05) is 5.38 Å². The van der Waals surface area contributed by atoms with Gasteiger partial charge in [-0.2, -0.15) is 0 Å². The highest BCUT2D eigenvalue weighted by atomic mass is 35.5. The Balaban J connectivity index is 1.58. The predicted molar refractivity (Wildman–Crippen MR) is 97.0 cm³/mol. The smallest absolute Gasteiger partial charge is 0.335 e. The van der Waals surface area contributed by atoms with Crippen molar-refractivity contribution in [2.45, 2.75) is 17.4 Å². The molecule has 1 amide bonds. The number of nitrogens with one attached hydrogen (secondary N) is 1. The van der Waals surface area contributed by atoms with Crippen molar-refractivity contribution in [2.24, 2.45) is 0 Å². The van der Waals surface area contributed by atoms with Crippen molar-refractivity contribution in [1.82, 2.24) is 15.5 Å². The average molecular weight is 412 g/mol. The summed E-state index contributed by atoms with van der Waals surface area (Å²) in [4.78, 5) is 12.4. The van der Waals surface area contributed by atoms with E-state index in [1.54, 1.807) is 36.4 Å². The van der Waals surface area contributed by atoms with Crippen LogP contribution in [0.25, 0.3) is 0 Å². The molecule has 0 radical (unpaired) electrons. The number of carbonyl (C=O) groups excluding carboxylic acids is 1. The molecule has 7 nitrogen and oxygen atoms in total. The molecule has 0 atom stereocenters. The molecule has 2 heterocycles. The molecule has 10 heteroatoms. The number of halogens is 1. The fourth-order valence-corrected chi connectivity index (χ4v) is 4.01. The lowest BCUT2D eigenvalue weighted by molar-refractivity contribution is 0.0957. The molecule has 3 rings (SSSR count). The van der Waals surface area contributed by atoms with Gasteiger partial charge in [-0.25, -0.2) is 8.42 Å². The number of nitrogens with zero attached hydrogens (tertiary/aromatic N) is 2. The molecule has 0 aliphatic carbocycles. The highest BCUT2D eigenvalue weighted by molar-refractivity contribution is 7.90. The van der Waals surface area contributed by atoms with Gasteiger partial charge < -0.3 is 9.73 Å². The van der Waals surface area contributed by atoms with Gasteiger partial charge in [-0.15, -0.1) is 16.4 Å². The monoisotopic (exact) mass is 411 g/mol. The van der Waals surface area contributed by atoms with Crippen LogP contribution in [0.1, 0.15) is 21.1 Å². The van der Waals surface area contributed by atoms with Gasteiger partial charge in [0.05, 0.1) is 10.6 Å². The van der Waals surface area contributed by atoms with Gasteiger partial charge in [-0.3, -0.25) is 4.79 Å². The summed E-state index contributed by atoms with van der Waals surface area (Å²) in [5.41, 5.74) is 0.567. The van der Waals surface area contributed by atoms with Gasteiger partial charge in [-0.1, -0.05) is 34.9 Å². The highest BCUT2D eigenvalue weighted by Crippen LogP contribution is 2.17. The highest BCUT2D eigenvalue weighted by Gasteiger charge is 2.23. The Hall–Kier alpha value is -2.23. The third-order valence-corrected chi connectivity index (χ3v) is 5.88. The van der Waals surface area contributed by atoms with Crippen LogP contribution in [-0.4, -0.2) is 31.1 Å². The number of aromatic nitrogens is 2. The number of thiophene rings is 1. The van der Waals surface area contributed by atoms with Crippen LogP contribution >= 0.6 is 22.9 Å². The Bertz CT molecular complexity index is 983. The van der Waals surface area contributed by atoms with Crippen molar-refractivity contribution in [3.8, 4) is 0 Å². The van der Waals surface area contributed by atoms with Gasteiger partial charge in [0.1, 0.15) is 0 Å². The van der Waals surface area contributed by atoms with Crippen LogP contribution in [0, 0.1) is 0 Å². The van der Waals surface area contributed by atoms with Crippen LogP contribution in [0.2, 0.25) is 5.02 Å². The predicted octanol–water partition coefficient (Wildman–Crippen LogP) is 2.73. The first-order chi connectivity index (χ1) is 12.4. The Morgan fingerprint density at radius 2 is 1.96 bits per heavy atom. The van der Waals surface area contributed by atoms with Crippen molar-refractivity contribution in [1.29, 1.82) is 0 Å². The number of amides is 1. The van der Waals surface area contributed by atoms with E-state index >= 15 is 0 Å². The van der Waals surface area contributed by atoms with E-state index in [1.165, 1.54) is 11.3 Å². The molecule has 26 heavy (non-hydrogen) atoms. The minimum Gasteiger partial charge on any atom is -0.412 e. The second-order valence-corrected chi connectivity index (χ2v) is 8.58. The lowest BCUT2D eigenvalue weighted by atomic mass is 10.2. The average Bonchev–Trinajstić information content (AvgIpc) is 3.28. The van der Waals surface area contributed by atoms with Crippen LogP contribution in [0.3, 0.4) is 0 Å². The molecule has 0 aliphatic heterocycles. The maximum Gasteiger partial charge on any atom is 0.335 e. The van der Waals surface area contributed by atoms with Gasteiger partial charge in [0.2, 0.25) is 15.7 Å². The quantitative estimate of drug-likeness (QED) is 0.641. The molecule has 0 bridgehead atoms. The van der Waals surface area contributed by atoms with E-state index < -0.39 is 15.1 Å². The largest absolute Gasteiger partial charge is 0.412 e. The molecule has 0 aliphatic rings. The van der Waals surface area contributed by atoms with E-state index in [2.05, 4.69) is 15.5 Å². The maximum absolute atomic E-state index is 12.3. The molecule has 136 valence electrons. The standard InChI is InChI=1S/C16H14ClN3O4S2/c17-12-5-3-11(4-6-12)10-26(22,23)16-20-19-14(24-16)7-8-18-15(21)13-2-1-9-25-13/h1-6,9H,7-8,10H2,(H,18,21). The zero-order valence-electron chi connectivity index (χ0n) is 13.4. The summed E-state index contributed by atoms with van der Waals surface area (Å²) in [6, 6.07) is 9.97. The normalized spacial score (nSPS) is 11.4. The minimum atomic E-state index is -3.75. The van der Waals surface area contributed by atoms with E-state index in [0.717, 1.165) is 0 Å². The van der Waals surface area contributed by atoms with Crippen LogP contribution in [0.15, 0.2) is 51.4 Å². The molecule has 0 saturated carbocycles. The van der Waals surface area contributed by atoms with Crippen LogP contribution < -0.4 is 5.32 Å². The molecular weight excluding hydrogens is 398 g/mol. The van der Waals surface area contributed by atoms with Crippen LogP contribution in [0.4, 0.5) is 0 Å². The number of hydrogen-bond donors (Lipinski definition) is 1. The molecule has 2 aromatic heterocycles. The van der Waals surface area contributed by atoms with Gasteiger partial charge in [0.15, 0.2) is 0 Å².